The molecule has 0 amide bonds. The van der Waals surface area contributed by atoms with Crippen LogP contribution in [0, 0.1) is 5.82 Å². The van der Waals surface area contributed by atoms with Crippen molar-refractivity contribution in [1.29, 1.82) is 0 Å². The molecule has 28 heavy (non-hydrogen) atoms. The fourth-order valence-corrected chi connectivity index (χ4v) is 3.20. The number of rotatable bonds is 5. The molecule has 0 bridgehead atoms. The zero-order valence-corrected chi connectivity index (χ0v) is 18.7. The number of nitrogens with zero attached hydrogens (tertiary/aromatic N) is 3. The largest absolute Gasteiger partial charge is 0.378 e. The molecule has 2 aromatic carbocycles. The van der Waals surface area contributed by atoms with Crippen molar-refractivity contribution < 1.29 is 9.13 Å². The van der Waals surface area contributed by atoms with Gasteiger partial charge >= 0.3 is 0 Å². The maximum Gasteiger partial charge on any atom is 0.193 e. The summed E-state index contributed by atoms with van der Waals surface area (Å²) in [4.78, 5) is 8.65. The van der Waals surface area contributed by atoms with Crippen molar-refractivity contribution in [3.8, 4) is 0 Å². The van der Waals surface area contributed by atoms with Crippen LogP contribution in [0.25, 0.3) is 0 Å². The van der Waals surface area contributed by atoms with Gasteiger partial charge < -0.3 is 19.9 Å². The van der Waals surface area contributed by atoms with E-state index < -0.39 is 0 Å². The number of nitrogens with one attached hydrogen (secondary N) is 1. The van der Waals surface area contributed by atoms with Gasteiger partial charge in [0.15, 0.2) is 5.96 Å². The van der Waals surface area contributed by atoms with Crippen molar-refractivity contribution in [3.05, 3.63) is 65.5 Å². The Bertz CT molecular complexity index is 763. The van der Waals surface area contributed by atoms with E-state index in [2.05, 4.69) is 39.5 Å². The molecule has 0 unspecified atom stereocenters. The number of anilines is 1. The number of ether oxygens (including phenoxy) is 1. The Labute approximate surface area is 183 Å². The lowest BCUT2D eigenvalue weighted by atomic mass is 10.2. The maximum absolute atomic E-state index is 13.4. The van der Waals surface area contributed by atoms with E-state index in [9.17, 15) is 4.39 Å². The molecule has 3 rings (SSSR count). The fourth-order valence-electron chi connectivity index (χ4n) is 3.20. The quantitative estimate of drug-likeness (QED) is 0.390. The molecule has 0 atom stereocenters. The average molecular weight is 498 g/mol. The summed E-state index contributed by atoms with van der Waals surface area (Å²) in [5.41, 5.74) is 3.33. The maximum atomic E-state index is 13.4. The predicted molar refractivity (Wildman–Crippen MR) is 123 cm³/mol. The zero-order valence-electron chi connectivity index (χ0n) is 16.4. The third kappa shape index (κ3) is 6.34. The SMILES string of the molecule is CN=C(NCc1ccc(N2CCOCC2)cc1)N(C)Cc1cccc(F)c1.I. The fraction of sp³-hybridized carbons (Fsp3) is 0.381. The first kappa shape index (κ1) is 22.4. The van der Waals surface area contributed by atoms with Gasteiger partial charge in [0.25, 0.3) is 0 Å². The Kier molecular flexibility index (Phi) is 8.98. The number of morpholine rings is 1. The summed E-state index contributed by atoms with van der Waals surface area (Å²) in [7, 11) is 3.70. The van der Waals surface area contributed by atoms with Crippen LogP contribution in [0.15, 0.2) is 53.5 Å². The molecule has 152 valence electrons. The van der Waals surface area contributed by atoms with Gasteiger partial charge in [0.1, 0.15) is 5.82 Å². The molecule has 1 saturated heterocycles. The summed E-state index contributed by atoms with van der Waals surface area (Å²) >= 11 is 0. The van der Waals surface area contributed by atoms with Crippen LogP contribution in [-0.2, 0) is 17.8 Å². The van der Waals surface area contributed by atoms with E-state index in [-0.39, 0.29) is 29.8 Å². The molecule has 5 nitrogen and oxygen atoms in total. The van der Waals surface area contributed by atoms with E-state index >= 15 is 0 Å². The van der Waals surface area contributed by atoms with Gasteiger partial charge in [-0.3, -0.25) is 4.99 Å². The summed E-state index contributed by atoms with van der Waals surface area (Å²) in [5.74, 6) is 0.556. The third-order valence-electron chi connectivity index (χ3n) is 4.65. The van der Waals surface area contributed by atoms with E-state index in [1.54, 1.807) is 19.2 Å². The third-order valence-corrected chi connectivity index (χ3v) is 4.65. The number of benzene rings is 2. The number of guanidine groups is 1. The summed E-state index contributed by atoms with van der Waals surface area (Å²) in [6, 6.07) is 15.2. The molecular formula is C21H28FIN4O. The van der Waals surface area contributed by atoms with E-state index in [0.717, 1.165) is 37.8 Å². The highest BCUT2D eigenvalue weighted by molar-refractivity contribution is 14.0. The van der Waals surface area contributed by atoms with Crippen molar-refractivity contribution >= 4 is 35.6 Å². The molecule has 0 spiro atoms. The van der Waals surface area contributed by atoms with E-state index in [1.807, 2.05) is 18.0 Å². The summed E-state index contributed by atoms with van der Waals surface area (Å²) in [6.07, 6.45) is 0. The molecule has 7 heteroatoms. The molecule has 1 aliphatic rings. The molecule has 1 aliphatic heterocycles. The lowest BCUT2D eigenvalue weighted by molar-refractivity contribution is 0.122. The molecule has 1 N–H and O–H groups in total. The zero-order chi connectivity index (χ0) is 19.1. The molecule has 0 saturated carbocycles. The molecule has 2 aromatic rings. The van der Waals surface area contributed by atoms with Crippen LogP contribution in [0.1, 0.15) is 11.1 Å². The van der Waals surface area contributed by atoms with Crippen LogP contribution in [0.5, 0.6) is 0 Å². The van der Waals surface area contributed by atoms with E-state index in [0.29, 0.717) is 13.1 Å². The molecule has 0 radical (unpaired) electrons. The van der Waals surface area contributed by atoms with Crippen LogP contribution in [0.3, 0.4) is 0 Å². The van der Waals surface area contributed by atoms with Crippen LogP contribution in [0.4, 0.5) is 10.1 Å². The molecular weight excluding hydrogens is 470 g/mol. The van der Waals surface area contributed by atoms with Gasteiger partial charge in [0.05, 0.1) is 13.2 Å². The minimum Gasteiger partial charge on any atom is -0.378 e. The molecule has 1 heterocycles. The van der Waals surface area contributed by atoms with Crippen molar-refractivity contribution in [3.63, 3.8) is 0 Å². The van der Waals surface area contributed by atoms with Gasteiger partial charge in [-0.2, -0.15) is 0 Å². The first-order chi connectivity index (χ1) is 13.2. The molecule has 0 aromatic heterocycles. The topological polar surface area (TPSA) is 40.1 Å². The van der Waals surface area contributed by atoms with Gasteiger partial charge in [-0.25, -0.2) is 4.39 Å². The second-order valence-electron chi connectivity index (χ2n) is 6.65. The monoisotopic (exact) mass is 498 g/mol. The first-order valence-electron chi connectivity index (χ1n) is 9.23. The second kappa shape index (κ2) is 11.2. The normalized spacial score (nSPS) is 14.4. The molecule has 0 aliphatic carbocycles. The average Bonchev–Trinajstić information content (AvgIpc) is 2.69. The van der Waals surface area contributed by atoms with Gasteiger partial charge in [0, 0.05) is 46.0 Å². The van der Waals surface area contributed by atoms with Crippen molar-refractivity contribution in [2.45, 2.75) is 13.1 Å². The van der Waals surface area contributed by atoms with E-state index in [4.69, 9.17) is 4.74 Å². The van der Waals surface area contributed by atoms with Crippen LogP contribution in [-0.4, -0.2) is 51.3 Å². The van der Waals surface area contributed by atoms with Crippen molar-refractivity contribution in [2.24, 2.45) is 4.99 Å². The summed E-state index contributed by atoms with van der Waals surface area (Å²) in [5, 5.41) is 3.37. The number of aliphatic imine (C=N–C) groups is 1. The van der Waals surface area contributed by atoms with Crippen LogP contribution in [0.2, 0.25) is 0 Å². The summed E-state index contributed by atoms with van der Waals surface area (Å²) < 4.78 is 18.8. The van der Waals surface area contributed by atoms with Gasteiger partial charge in [-0.05, 0) is 35.4 Å². The van der Waals surface area contributed by atoms with Gasteiger partial charge in [-0.1, -0.05) is 24.3 Å². The van der Waals surface area contributed by atoms with Crippen LogP contribution >= 0.6 is 24.0 Å². The van der Waals surface area contributed by atoms with Gasteiger partial charge in [0.2, 0.25) is 0 Å². The lowest BCUT2D eigenvalue weighted by Gasteiger charge is -2.29. The minimum atomic E-state index is -0.218. The smallest absolute Gasteiger partial charge is 0.193 e. The number of halogens is 2. The Morgan fingerprint density at radius 3 is 2.50 bits per heavy atom. The Morgan fingerprint density at radius 1 is 1.14 bits per heavy atom. The van der Waals surface area contributed by atoms with Crippen molar-refractivity contribution in [1.82, 2.24) is 10.2 Å². The number of hydrogen-bond acceptors (Lipinski definition) is 3. The Balaban J connectivity index is 0.00000280. The second-order valence-corrected chi connectivity index (χ2v) is 6.65. The van der Waals surface area contributed by atoms with Gasteiger partial charge in [-0.15, -0.1) is 24.0 Å². The highest BCUT2D eigenvalue weighted by atomic mass is 127. The van der Waals surface area contributed by atoms with Crippen LogP contribution < -0.4 is 10.2 Å². The number of hydrogen-bond donors (Lipinski definition) is 1. The highest BCUT2D eigenvalue weighted by Gasteiger charge is 2.11. The highest BCUT2D eigenvalue weighted by Crippen LogP contribution is 2.16. The molecule has 1 fully saturated rings. The predicted octanol–water partition coefficient (Wildman–Crippen LogP) is 3.49. The Hall–Kier alpha value is -1.87. The van der Waals surface area contributed by atoms with E-state index in [1.165, 1.54) is 17.3 Å². The first-order valence-corrected chi connectivity index (χ1v) is 9.23. The Morgan fingerprint density at radius 2 is 1.86 bits per heavy atom. The summed E-state index contributed by atoms with van der Waals surface area (Å²) in [6.45, 7) is 4.73. The van der Waals surface area contributed by atoms with Crippen molar-refractivity contribution in [2.75, 3.05) is 45.3 Å². The standard InChI is InChI=1S/C21H27FN4O.HI/c1-23-21(25(2)16-18-4-3-5-19(22)14-18)24-15-17-6-8-20(9-7-17)26-10-12-27-13-11-26;/h3-9,14H,10-13,15-16H2,1-2H3,(H,23,24);1H. The lowest BCUT2D eigenvalue weighted by Crippen LogP contribution is -2.38. The minimum absolute atomic E-state index is 0.